The summed E-state index contributed by atoms with van der Waals surface area (Å²) in [5.41, 5.74) is 2.40. The molecule has 2 aromatic carbocycles. The fourth-order valence-electron chi connectivity index (χ4n) is 2.90. The minimum Gasteiger partial charge on any atom is -0.494 e. The predicted molar refractivity (Wildman–Crippen MR) is 107 cm³/mol. The Morgan fingerprint density at radius 3 is 2.85 bits per heavy atom. The maximum atomic E-state index is 13.8. The smallest absolute Gasteiger partial charge is 0.225 e. The number of aromatic amines is 1. The summed E-state index contributed by atoms with van der Waals surface area (Å²) in [7, 11) is 1.41. The van der Waals surface area contributed by atoms with Gasteiger partial charge in [0.2, 0.25) is 5.91 Å². The number of carbonyl (C=O) groups excluding carboxylic acids is 1. The van der Waals surface area contributed by atoms with Crippen molar-refractivity contribution in [1.29, 1.82) is 0 Å². The van der Waals surface area contributed by atoms with E-state index >= 15 is 0 Å². The first-order valence-electron chi connectivity index (χ1n) is 8.66. The number of aromatic nitrogens is 2. The van der Waals surface area contributed by atoms with Crippen molar-refractivity contribution in [1.82, 2.24) is 15.3 Å². The van der Waals surface area contributed by atoms with Gasteiger partial charge in [0, 0.05) is 0 Å². The molecule has 2 N–H and O–H groups in total. The van der Waals surface area contributed by atoms with E-state index in [1.807, 2.05) is 30.5 Å². The van der Waals surface area contributed by atoms with Crippen LogP contribution in [0.2, 0.25) is 0 Å². The number of nitrogens with one attached hydrogen (secondary N) is 2. The maximum absolute atomic E-state index is 13.8. The highest BCUT2D eigenvalue weighted by atomic mass is 32.2. The van der Waals surface area contributed by atoms with E-state index in [1.54, 1.807) is 17.8 Å². The van der Waals surface area contributed by atoms with Crippen molar-refractivity contribution in [3.63, 3.8) is 0 Å². The van der Waals surface area contributed by atoms with E-state index in [1.165, 1.54) is 19.2 Å². The number of hydrogen-bond donors (Lipinski definition) is 2. The lowest BCUT2D eigenvalue weighted by Gasteiger charge is -2.16. The average Bonchev–Trinajstić information content (AvgIpc) is 3.09. The third-order valence-corrected chi connectivity index (χ3v) is 4.91. The number of rotatable bonds is 8. The van der Waals surface area contributed by atoms with Crippen LogP contribution in [0.4, 0.5) is 4.39 Å². The van der Waals surface area contributed by atoms with E-state index in [0.29, 0.717) is 5.56 Å². The summed E-state index contributed by atoms with van der Waals surface area (Å²) >= 11 is 1.71. The average molecular weight is 387 g/mol. The van der Waals surface area contributed by atoms with E-state index in [2.05, 4.69) is 15.3 Å². The number of hydrogen-bond acceptors (Lipinski definition) is 4. The number of halogens is 1. The molecule has 1 unspecified atom stereocenters. The number of nitrogens with zero attached hydrogens (tertiary/aromatic N) is 1. The molecule has 0 aliphatic carbocycles. The van der Waals surface area contributed by atoms with Gasteiger partial charge in [-0.3, -0.25) is 4.79 Å². The summed E-state index contributed by atoms with van der Waals surface area (Å²) in [6, 6.07) is 12.1. The van der Waals surface area contributed by atoms with E-state index < -0.39 is 5.82 Å². The number of methoxy groups -OCH3 is 1. The molecule has 1 aromatic heterocycles. The first-order valence-corrected chi connectivity index (χ1v) is 10.1. The summed E-state index contributed by atoms with van der Waals surface area (Å²) in [5, 5.41) is 3.03. The van der Waals surface area contributed by atoms with Crippen LogP contribution in [-0.2, 0) is 11.2 Å². The number of imidazole rings is 1. The molecule has 0 fully saturated rings. The quantitative estimate of drug-likeness (QED) is 0.616. The molecule has 0 bridgehead atoms. The minimum absolute atomic E-state index is 0.0942. The maximum Gasteiger partial charge on any atom is 0.225 e. The van der Waals surface area contributed by atoms with Crippen LogP contribution in [0, 0.1) is 5.82 Å². The van der Waals surface area contributed by atoms with Crippen LogP contribution in [-0.4, -0.2) is 35.0 Å². The van der Waals surface area contributed by atoms with Gasteiger partial charge in [0.15, 0.2) is 11.6 Å². The van der Waals surface area contributed by atoms with Gasteiger partial charge >= 0.3 is 0 Å². The number of H-pyrrole nitrogens is 1. The molecule has 142 valence electrons. The molecule has 0 spiro atoms. The Bertz CT molecular complexity index is 895. The monoisotopic (exact) mass is 387 g/mol. The number of amides is 1. The van der Waals surface area contributed by atoms with Crippen LogP contribution in [0.15, 0.2) is 42.5 Å². The van der Waals surface area contributed by atoms with Gasteiger partial charge in [-0.15, -0.1) is 0 Å². The summed E-state index contributed by atoms with van der Waals surface area (Å²) in [6.45, 7) is 0. The first kappa shape index (κ1) is 19.2. The molecule has 0 saturated carbocycles. The standard InChI is InChI=1S/C20H22FN3O2S/c1-26-18-8-7-13(11-14(18)21)12-19(25)22-17(9-10-27-2)20-23-15-5-3-4-6-16(15)24-20/h3-8,11,17H,9-10,12H2,1-2H3,(H,22,25)(H,23,24). The largest absolute Gasteiger partial charge is 0.494 e. The van der Waals surface area contributed by atoms with Gasteiger partial charge in [-0.2, -0.15) is 11.8 Å². The van der Waals surface area contributed by atoms with Gasteiger partial charge in [0.05, 0.1) is 30.6 Å². The van der Waals surface area contributed by atoms with E-state index in [0.717, 1.165) is 29.0 Å². The molecule has 0 aliphatic heterocycles. The van der Waals surface area contributed by atoms with Gasteiger partial charge in [0.25, 0.3) is 0 Å². The number of thioether (sulfide) groups is 1. The second-order valence-electron chi connectivity index (χ2n) is 6.19. The van der Waals surface area contributed by atoms with Crippen LogP contribution < -0.4 is 10.1 Å². The zero-order valence-corrected chi connectivity index (χ0v) is 16.1. The van der Waals surface area contributed by atoms with Crippen molar-refractivity contribution in [2.75, 3.05) is 19.1 Å². The Labute approximate surface area is 161 Å². The van der Waals surface area contributed by atoms with Gasteiger partial charge in [-0.1, -0.05) is 18.2 Å². The number of benzene rings is 2. The highest BCUT2D eigenvalue weighted by molar-refractivity contribution is 7.98. The van der Waals surface area contributed by atoms with Crippen LogP contribution in [0.25, 0.3) is 11.0 Å². The molecule has 5 nitrogen and oxygen atoms in total. The lowest BCUT2D eigenvalue weighted by atomic mass is 10.1. The molecule has 0 radical (unpaired) electrons. The highest BCUT2D eigenvalue weighted by Crippen LogP contribution is 2.21. The summed E-state index contributed by atoms with van der Waals surface area (Å²) < 4.78 is 18.7. The summed E-state index contributed by atoms with van der Waals surface area (Å²) in [5.74, 6) is 1.14. The predicted octanol–water partition coefficient (Wildman–Crippen LogP) is 3.86. The molecule has 0 saturated heterocycles. The zero-order valence-electron chi connectivity index (χ0n) is 15.3. The van der Waals surface area contributed by atoms with E-state index in [9.17, 15) is 9.18 Å². The van der Waals surface area contributed by atoms with Crippen molar-refractivity contribution in [2.45, 2.75) is 18.9 Å². The molecular formula is C20H22FN3O2S. The Morgan fingerprint density at radius 2 is 2.15 bits per heavy atom. The molecule has 7 heteroatoms. The fourth-order valence-corrected chi connectivity index (χ4v) is 3.37. The molecule has 3 aromatic rings. The number of fused-ring (bicyclic) bond motifs is 1. The lowest BCUT2D eigenvalue weighted by molar-refractivity contribution is -0.121. The fraction of sp³-hybridized carbons (Fsp3) is 0.300. The van der Waals surface area contributed by atoms with Crippen LogP contribution in [0.1, 0.15) is 23.9 Å². The third kappa shape index (κ3) is 4.80. The summed E-state index contributed by atoms with van der Waals surface area (Å²) in [4.78, 5) is 20.4. The van der Waals surface area contributed by atoms with Gasteiger partial charge in [-0.25, -0.2) is 9.37 Å². The Hall–Kier alpha value is -2.54. The SMILES string of the molecule is COc1ccc(CC(=O)NC(CCSC)c2nc3ccccc3[nH]2)cc1F. The van der Waals surface area contributed by atoms with Gasteiger partial charge < -0.3 is 15.0 Å². The number of ether oxygens (including phenoxy) is 1. The molecule has 1 heterocycles. The Kier molecular flexibility index (Phi) is 6.34. The van der Waals surface area contributed by atoms with Crippen molar-refractivity contribution in [3.8, 4) is 5.75 Å². The zero-order chi connectivity index (χ0) is 19.2. The molecule has 1 amide bonds. The minimum atomic E-state index is -0.473. The molecule has 3 rings (SSSR count). The second-order valence-corrected chi connectivity index (χ2v) is 7.17. The van der Waals surface area contributed by atoms with Gasteiger partial charge in [0.1, 0.15) is 5.82 Å². The number of carbonyl (C=O) groups is 1. The second kappa shape index (κ2) is 8.90. The Morgan fingerprint density at radius 1 is 1.33 bits per heavy atom. The first-order chi connectivity index (χ1) is 13.1. The third-order valence-electron chi connectivity index (χ3n) is 4.26. The van der Waals surface area contributed by atoms with Crippen LogP contribution in [0.3, 0.4) is 0 Å². The Balaban J connectivity index is 1.73. The number of para-hydroxylation sites is 2. The lowest BCUT2D eigenvalue weighted by Crippen LogP contribution is -2.31. The molecule has 27 heavy (non-hydrogen) atoms. The van der Waals surface area contributed by atoms with Crippen molar-refractivity contribution in [3.05, 3.63) is 59.7 Å². The molecular weight excluding hydrogens is 365 g/mol. The summed E-state index contributed by atoms with van der Waals surface area (Å²) in [6.07, 6.45) is 2.87. The topological polar surface area (TPSA) is 67.0 Å². The van der Waals surface area contributed by atoms with Crippen LogP contribution >= 0.6 is 11.8 Å². The normalized spacial score (nSPS) is 12.1. The molecule has 0 aliphatic rings. The van der Waals surface area contributed by atoms with Crippen molar-refractivity contribution in [2.24, 2.45) is 0 Å². The van der Waals surface area contributed by atoms with E-state index in [-0.39, 0.29) is 24.1 Å². The highest BCUT2D eigenvalue weighted by Gasteiger charge is 2.18. The van der Waals surface area contributed by atoms with Crippen molar-refractivity contribution < 1.29 is 13.9 Å². The van der Waals surface area contributed by atoms with Crippen LogP contribution in [0.5, 0.6) is 5.75 Å². The van der Waals surface area contributed by atoms with Crippen molar-refractivity contribution >= 4 is 28.7 Å². The van der Waals surface area contributed by atoms with Gasteiger partial charge in [-0.05, 0) is 48.3 Å². The van der Waals surface area contributed by atoms with E-state index in [4.69, 9.17) is 4.74 Å². The molecule has 1 atom stereocenters.